The number of carbonyl (C=O) groups is 2. The van der Waals surface area contributed by atoms with Gasteiger partial charge in [0.2, 0.25) is 0 Å². The number of likely N-dealkylation sites (tertiary alicyclic amines) is 1. The second-order valence-electron chi connectivity index (χ2n) is 8.15. The summed E-state index contributed by atoms with van der Waals surface area (Å²) in [6.07, 6.45) is 2.16. The van der Waals surface area contributed by atoms with Gasteiger partial charge in [-0.1, -0.05) is 24.3 Å². The van der Waals surface area contributed by atoms with Crippen LogP contribution in [0.25, 0.3) is 0 Å². The van der Waals surface area contributed by atoms with Crippen LogP contribution in [-0.2, 0) is 17.8 Å². The highest BCUT2D eigenvalue weighted by Crippen LogP contribution is 2.24. The summed E-state index contributed by atoms with van der Waals surface area (Å²) in [6, 6.07) is 13.8. The van der Waals surface area contributed by atoms with Crippen molar-refractivity contribution in [2.45, 2.75) is 32.4 Å². The Morgan fingerprint density at radius 1 is 1.10 bits per heavy atom. The Hall–Kier alpha value is -1.97. The van der Waals surface area contributed by atoms with Crippen molar-refractivity contribution in [3.8, 4) is 0 Å². The lowest BCUT2D eigenvalue weighted by atomic mass is 9.89. The smallest absolute Gasteiger partial charge is 0.411 e. The van der Waals surface area contributed by atoms with E-state index in [1.807, 2.05) is 36.4 Å². The predicted molar refractivity (Wildman–Crippen MR) is 129 cm³/mol. The van der Waals surface area contributed by atoms with Crippen LogP contribution in [-0.4, -0.2) is 43.0 Å². The van der Waals surface area contributed by atoms with Gasteiger partial charge in [0.15, 0.2) is 5.78 Å². The van der Waals surface area contributed by atoms with Crippen LogP contribution in [0, 0.1) is 9.49 Å². The largest absolute Gasteiger partial charge is 0.449 e. The molecule has 0 atom stereocenters. The maximum Gasteiger partial charge on any atom is 0.411 e. The molecule has 0 aliphatic carbocycles. The van der Waals surface area contributed by atoms with Gasteiger partial charge < -0.3 is 15.0 Å². The highest BCUT2D eigenvalue weighted by Gasteiger charge is 2.25. The lowest BCUT2D eigenvalue weighted by Crippen LogP contribution is -2.37. The topological polar surface area (TPSA) is 70.7 Å². The van der Waals surface area contributed by atoms with Crippen LogP contribution < -0.4 is 10.6 Å². The van der Waals surface area contributed by atoms with Crippen molar-refractivity contribution in [3.63, 3.8) is 0 Å². The number of halogens is 1. The Morgan fingerprint density at radius 3 is 2.65 bits per heavy atom. The molecule has 2 aliphatic rings. The number of ketones is 1. The number of amides is 1. The van der Waals surface area contributed by atoms with E-state index in [9.17, 15) is 9.59 Å². The van der Waals surface area contributed by atoms with Gasteiger partial charge in [-0.2, -0.15) is 0 Å². The van der Waals surface area contributed by atoms with E-state index in [1.165, 1.54) is 5.56 Å². The SMILES string of the molecule is O=C(Nc1cccc2c1CNC2)OCCCN1CCC(C(=O)c2ccc(I)cc2)CC1. The third-order valence-corrected chi connectivity index (χ3v) is 6.79. The first-order valence-electron chi connectivity index (χ1n) is 10.9. The van der Waals surface area contributed by atoms with E-state index in [4.69, 9.17) is 4.74 Å². The standard InChI is InChI=1S/C24H28IN3O3/c25-20-7-5-17(6-8-20)23(29)18-9-12-28(13-10-18)11-2-14-31-24(30)27-22-4-1-3-19-15-26-16-21(19)22/h1,3-8,18,26H,2,9-16H2,(H,27,30). The number of hydrogen-bond donors (Lipinski definition) is 2. The van der Waals surface area contributed by atoms with Gasteiger partial charge in [-0.25, -0.2) is 4.79 Å². The molecule has 1 amide bonds. The van der Waals surface area contributed by atoms with Gasteiger partial charge in [-0.3, -0.25) is 10.1 Å². The summed E-state index contributed by atoms with van der Waals surface area (Å²) in [4.78, 5) is 27.2. The Balaban J connectivity index is 1.14. The number of nitrogens with one attached hydrogen (secondary N) is 2. The molecule has 0 saturated carbocycles. The van der Waals surface area contributed by atoms with Gasteiger partial charge in [0.05, 0.1) is 6.61 Å². The van der Waals surface area contributed by atoms with E-state index in [2.05, 4.69) is 44.2 Å². The number of Topliss-reactive ketones (excluding diaryl/α,β-unsaturated/α-hetero) is 1. The molecular weight excluding hydrogens is 505 g/mol. The number of ether oxygens (including phenoxy) is 1. The third kappa shape index (κ3) is 5.84. The first-order valence-corrected chi connectivity index (χ1v) is 12.0. The van der Waals surface area contributed by atoms with Crippen molar-refractivity contribution < 1.29 is 14.3 Å². The van der Waals surface area contributed by atoms with E-state index in [1.54, 1.807) is 0 Å². The third-order valence-electron chi connectivity index (χ3n) is 6.07. The number of anilines is 1. The molecule has 2 aliphatic heterocycles. The van der Waals surface area contributed by atoms with Gasteiger partial charge >= 0.3 is 6.09 Å². The van der Waals surface area contributed by atoms with Gasteiger partial charge in [0.1, 0.15) is 0 Å². The van der Waals surface area contributed by atoms with Crippen LogP contribution in [0.4, 0.5) is 10.5 Å². The molecule has 2 aromatic rings. The number of nitrogens with zero attached hydrogens (tertiary/aromatic N) is 1. The number of piperidine rings is 1. The van der Waals surface area contributed by atoms with Crippen molar-refractivity contribution in [1.82, 2.24) is 10.2 Å². The Morgan fingerprint density at radius 2 is 1.87 bits per heavy atom. The predicted octanol–water partition coefficient (Wildman–Crippen LogP) is 4.43. The molecule has 7 heteroatoms. The summed E-state index contributed by atoms with van der Waals surface area (Å²) in [7, 11) is 0. The molecule has 0 aromatic heterocycles. The lowest BCUT2D eigenvalue weighted by molar-refractivity contribution is 0.0830. The molecule has 0 bridgehead atoms. The summed E-state index contributed by atoms with van der Waals surface area (Å²) < 4.78 is 6.51. The molecule has 4 rings (SSSR count). The zero-order valence-electron chi connectivity index (χ0n) is 17.5. The molecule has 0 spiro atoms. The zero-order valence-corrected chi connectivity index (χ0v) is 19.7. The van der Waals surface area contributed by atoms with Crippen LogP contribution in [0.5, 0.6) is 0 Å². The Kier molecular flexibility index (Phi) is 7.58. The van der Waals surface area contributed by atoms with E-state index < -0.39 is 6.09 Å². The molecule has 6 nitrogen and oxygen atoms in total. The molecule has 1 fully saturated rings. The molecule has 164 valence electrons. The van der Waals surface area contributed by atoms with Crippen LogP contribution in [0.1, 0.15) is 40.7 Å². The number of benzene rings is 2. The van der Waals surface area contributed by atoms with Crippen molar-refractivity contribution in [2.24, 2.45) is 5.92 Å². The van der Waals surface area contributed by atoms with Crippen LogP contribution in [0.3, 0.4) is 0 Å². The Bertz CT molecular complexity index is 924. The number of rotatable bonds is 7. The fourth-order valence-electron chi connectivity index (χ4n) is 4.32. The molecule has 1 saturated heterocycles. The zero-order chi connectivity index (χ0) is 21.6. The summed E-state index contributed by atoms with van der Waals surface area (Å²) in [6.45, 7) is 4.70. The van der Waals surface area contributed by atoms with Crippen molar-refractivity contribution in [3.05, 3.63) is 62.7 Å². The first-order chi connectivity index (χ1) is 15.1. The minimum absolute atomic E-state index is 0.112. The fraction of sp³-hybridized carbons (Fsp3) is 0.417. The van der Waals surface area contributed by atoms with Crippen molar-refractivity contribution >= 4 is 40.2 Å². The Labute approximate surface area is 196 Å². The summed E-state index contributed by atoms with van der Waals surface area (Å²) in [5.74, 6) is 0.374. The highest BCUT2D eigenvalue weighted by atomic mass is 127. The molecule has 0 radical (unpaired) electrons. The molecule has 31 heavy (non-hydrogen) atoms. The minimum atomic E-state index is -0.401. The van der Waals surface area contributed by atoms with Gasteiger partial charge in [0.25, 0.3) is 0 Å². The molecule has 0 unspecified atom stereocenters. The van der Waals surface area contributed by atoms with Crippen molar-refractivity contribution in [2.75, 3.05) is 31.6 Å². The summed E-state index contributed by atoms with van der Waals surface area (Å²) in [5.41, 5.74) is 4.01. The van der Waals surface area contributed by atoms with Crippen LogP contribution in [0.2, 0.25) is 0 Å². The van der Waals surface area contributed by atoms with E-state index in [0.29, 0.717) is 6.61 Å². The van der Waals surface area contributed by atoms with E-state index >= 15 is 0 Å². The van der Waals surface area contributed by atoms with Crippen LogP contribution >= 0.6 is 22.6 Å². The maximum absolute atomic E-state index is 12.7. The molecule has 2 aromatic carbocycles. The monoisotopic (exact) mass is 533 g/mol. The van der Waals surface area contributed by atoms with Crippen molar-refractivity contribution in [1.29, 1.82) is 0 Å². The minimum Gasteiger partial charge on any atom is -0.449 e. The second kappa shape index (κ2) is 10.6. The van der Waals surface area contributed by atoms with Crippen LogP contribution in [0.15, 0.2) is 42.5 Å². The average Bonchev–Trinajstić information content (AvgIpc) is 3.27. The van der Waals surface area contributed by atoms with E-state index in [0.717, 1.165) is 72.4 Å². The molecule has 2 N–H and O–H groups in total. The number of hydrogen-bond acceptors (Lipinski definition) is 5. The normalized spacial score (nSPS) is 16.7. The number of fused-ring (bicyclic) bond motifs is 1. The molecule has 2 heterocycles. The lowest BCUT2D eigenvalue weighted by Gasteiger charge is -2.31. The molecular formula is C24H28IN3O3. The maximum atomic E-state index is 12.7. The first kappa shape index (κ1) is 22.2. The van der Waals surface area contributed by atoms with Gasteiger partial charge in [-0.05, 0) is 84.3 Å². The fourth-order valence-corrected chi connectivity index (χ4v) is 4.68. The summed E-state index contributed by atoms with van der Waals surface area (Å²) in [5, 5.41) is 6.16. The second-order valence-corrected chi connectivity index (χ2v) is 9.39. The highest BCUT2D eigenvalue weighted by molar-refractivity contribution is 14.1. The average molecular weight is 533 g/mol. The van der Waals surface area contributed by atoms with Gasteiger partial charge in [0, 0.05) is 40.4 Å². The van der Waals surface area contributed by atoms with Gasteiger partial charge in [-0.15, -0.1) is 0 Å². The summed E-state index contributed by atoms with van der Waals surface area (Å²) >= 11 is 2.25. The number of carbonyl (C=O) groups excluding carboxylic acids is 2. The van der Waals surface area contributed by atoms with E-state index in [-0.39, 0.29) is 11.7 Å². The quantitative estimate of drug-likeness (QED) is 0.313.